The summed E-state index contributed by atoms with van der Waals surface area (Å²) < 4.78 is 9.27. The van der Waals surface area contributed by atoms with E-state index in [0.29, 0.717) is 17.5 Å². The Hall–Kier alpha value is -1.58. The zero-order valence-electron chi connectivity index (χ0n) is 11.8. The Labute approximate surface area is 134 Å². The topological polar surface area (TPSA) is 77.2 Å². The van der Waals surface area contributed by atoms with Crippen molar-refractivity contribution in [3.8, 4) is 0 Å². The minimum Gasteiger partial charge on any atom is -0.376 e. The largest absolute Gasteiger partial charge is 0.376 e. The molecule has 0 spiro atoms. The van der Waals surface area contributed by atoms with Gasteiger partial charge in [-0.25, -0.2) is 14.9 Å². The molecule has 4 rings (SSSR count). The summed E-state index contributed by atoms with van der Waals surface area (Å²) in [6, 6.07) is 0. The van der Waals surface area contributed by atoms with Crippen molar-refractivity contribution in [2.45, 2.75) is 36.4 Å². The number of aromatic nitrogens is 5. The highest BCUT2D eigenvalue weighted by atomic mass is 32.2. The SMILES string of the molecule is O=c1[nH]nc(SCc2cn3ccsc3n2)n1CC1CCCO1. The number of thiazole rings is 1. The van der Waals surface area contributed by atoms with E-state index in [0.717, 1.165) is 30.1 Å². The molecular weight excluding hydrogens is 322 g/mol. The molecule has 0 amide bonds. The van der Waals surface area contributed by atoms with Gasteiger partial charge in [-0.1, -0.05) is 11.8 Å². The van der Waals surface area contributed by atoms with E-state index in [2.05, 4.69) is 15.2 Å². The molecule has 4 heterocycles. The molecule has 1 aliphatic heterocycles. The van der Waals surface area contributed by atoms with Crippen LogP contribution in [0.2, 0.25) is 0 Å². The van der Waals surface area contributed by atoms with Gasteiger partial charge in [0.05, 0.1) is 18.3 Å². The molecule has 1 fully saturated rings. The molecule has 3 aromatic heterocycles. The van der Waals surface area contributed by atoms with E-state index < -0.39 is 0 Å². The van der Waals surface area contributed by atoms with Crippen LogP contribution in [0.1, 0.15) is 18.5 Å². The third-order valence-corrected chi connectivity index (χ3v) is 5.41. The van der Waals surface area contributed by atoms with Crippen LogP contribution in [0.15, 0.2) is 27.7 Å². The number of hydrogen-bond acceptors (Lipinski definition) is 6. The van der Waals surface area contributed by atoms with Crippen LogP contribution in [0.25, 0.3) is 4.96 Å². The minimum absolute atomic E-state index is 0.118. The first-order chi connectivity index (χ1) is 10.8. The molecule has 0 bridgehead atoms. The van der Waals surface area contributed by atoms with Gasteiger partial charge in [0, 0.05) is 30.1 Å². The Balaban J connectivity index is 1.48. The fourth-order valence-electron chi connectivity index (χ4n) is 2.55. The average Bonchev–Trinajstić information content (AvgIpc) is 3.24. The Morgan fingerprint density at radius 2 is 2.50 bits per heavy atom. The van der Waals surface area contributed by atoms with Crippen LogP contribution in [-0.4, -0.2) is 36.9 Å². The van der Waals surface area contributed by atoms with Gasteiger partial charge in [0.1, 0.15) is 0 Å². The number of nitrogens with one attached hydrogen (secondary N) is 1. The Bertz CT molecular complexity index is 798. The van der Waals surface area contributed by atoms with E-state index in [1.165, 1.54) is 11.8 Å². The normalized spacial score (nSPS) is 18.5. The highest BCUT2D eigenvalue weighted by molar-refractivity contribution is 7.98. The first-order valence-corrected chi connectivity index (χ1v) is 8.97. The van der Waals surface area contributed by atoms with E-state index in [1.807, 2.05) is 22.2 Å². The fourth-order valence-corrected chi connectivity index (χ4v) is 4.11. The van der Waals surface area contributed by atoms with Crippen molar-refractivity contribution in [1.82, 2.24) is 24.1 Å². The first-order valence-electron chi connectivity index (χ1n) is 7.10. The summed E-state index contributed by atoms with van der Waals surface area (Å²) in [4.78, 5) is 17.4. The number of thioether (sulfide) groups is 1. The molecule has 116 valence electrons. The van der Waals surface area contributed by atoms with Gasteiger partial charge in [-0.2, -0.15) is 0 Å². The third-order valence-electron chi connectivity index (χ3n) is 3.63. The maximum Gasteiger partial charge on any atom is 0.344 e. The fraction of sp³-hybridized carbons (Fsp3) is 0.462. The van der Waals surface area contributed by atoms with E-state index >= 15 is 0 Å². The predicted octanol–water partition coefficient (Wildman–Crippen LogP) is 1.75. The van der Waals surface area contributed by atoms with Gasteiger partial charge >= 0.3 is 5.69 Å². The average molecular weight is 337 g/mol. The number of H-pyrrole nitrogens is 1. The quantitative estimate of drug-likeness (QED) is 0.718. The molecule has 3 aromatic rings. The van der Waals surface area contributed by atoms with E-state index in [9.17, 15) is 4.79 Å². The Morgan fingerprint density at radius 1 is 1.55 bits per heavy atom. The summed E-state index contributed by atoms with van der Waals surface area (Å²) in [5, 5.41) is 9.34. The number of nitrogens with zero attached hydrogens (tertiary/aromatic N) is 4. The van der Waals surface area contributed by atoms with Gasteiger partial charge in [-0.15, -0.1) is 16.4 Å². The minimum atomic E-state index is -0.177. The highest BCUT2D eigenvalue weighted by Crippen LogP contribution is 2.22. The lowest BCUT2D eigenvalue weighted by Crippen LogP contribution is -2.24. The zero-order chi connectivity index (χ0) is 14.9. The van der Waals surface area contributed by atoms with Crippen LogP contribution in [-0.2, 0) is 17.0 Å². The number of hydrogen-bond donors (Lipinski definition) is 1. The molecule has 0 radical (unpaired) electrons. The van der Waals surface area contributed by atoms with Crippen LogP contribution in [0.4, 0.5) is 0 Å². The second-order valence-corrected chi connectivity index (χ2v) is 6.99. The van der Waals surface area contributed by atoms with Crippen molar-refractivity contribution in [2.24, 2.45) is 0 Å². The zero-order valence-corrected chi connectivity index (χ0v) is 13.4. The predicted molar refractivity (Wildman–Crippen MR) is 84.5 cm³/mol. The van der Waals surface area contributed by atoms with Gasteiger partial charge in [0.25, 0.3) is 0 Å². The van der Waals surface area contributed by atoms with Crippen molar-refractivity contribution in [3.63, 3.8) is 0 Å². The summed E-state index contributed by atoms with van der Waals surface area (Å²) in [5.74, 6) is 0.685. The monoisotopic (exact) mass is 337 g/mol. The smallest absolute Gasteiger partial charge is 0.344 e. The van der Waals surface area contributed by atoms with Crippen LogP contribution in [0.5, 0.6) is 0 Å². The summed E-state index contributed by atoms with van der Waals surface area (Å²) >= 11 is 3.12. The lowest BCUT2D eigenvalue weighted by molar-refractivity contribution is 0.0941. The second kappa shape index (κ2) is 5.90. The molecule has 22 heavy (non-hydrogen) atoms. The maximum absolute atomic E-state index is 11.9. The summed E-state index contributed by atoms with van der Waals surface area (Å²) in [6.45, 7) is 1.35. The van der Waals surface area contributed by atoms with Crippen LogP contribution < -0.4 is 5.69 Å². The molecule has 9 heteroatoms. The Kier molecular flexibility index (Phi) is 3.77. The second-order valence-electron chi connectivity index (χ2n) is 5.17. The number of imidazole rings is 1. The standard InChI is InChI=1S/C13H15N5O2S2/c19-11-15-16-13(18(11)7-10-2-1-4-20-10)22-8-9-6-17-3-5-21-12(17)14-9/h3,5-6,10H,1-2,4,7-8H2,(H,15,19). The summed E-state index contributed by atoms with van der Waals surface area (Å²) in [5.41, 5.74) is 0.805. The van der Waals surface area contributed by atoms with Crippen molar-refractivity contribution in [3.05, 3.63) is 34.0 Å². The molecule has 1 saturated heterocycles. The van der Waals surface area contributed by atoms with Crippen LogP contribution in [0.3, 0.4) is 0 Å². The van der Waals surface area contributed by atoms with Crippen LogP contribution >= 0.6 is 23.1 Å². The lowest BCUT2D eigenvalue weighted by Gasteiger charge is -2.10. The molecule has 0 saturated carbocycles. The van der Waals surface area contributed by atoms with Crippen molar-refractivity contribution >= 4 is 28.1 Å². The number of fused-ring (bicyclic) bond motifs is 1. The summed E-state index contributed by atoms with van der Waals surface area (Å²) in [7, 11) is 0. The molecule has 1 aliphatic rings. The molecule has 1 N–H and O–H groups in total. The van der Waals surface area contributed by atoms with Crippen molar-refractivity contribution in [2.75, 3.05) is 6.61 Å². The van der Waals surface area contributed by atoms with E-state index in [-0.39, 0.29) is 11.8 Å². The summed E-state index contributed by atoms with van der Waals surface area (Å²) in [6.07, 6.45) is 6.17. The lowest BCUT2D eigenvalue weighted by atomic mass is 10.2. The third kappa shape index (κ3) is 2.71. The van der Waals surface area contributed by atoms with Gasteiger partial charge in [0.15, 0.2) is 10.1 Å². The van der Waals surface area contributed by atoms with E-state index in [4.69, 9.17) is 4.74 Å². The highest BCUT2D eigenvalue weighted by Gasteiger charge is 2.19. The molecule has 1 unspecified atom stereocenters. The van der Waals surface area contributed by atoms with E-state index in [1.54, 1.807) is 15.9 Å². The molecule has 0 aromatic carbocycles. The number of aromatic amines is 1. The van der Waals surface area contributed by atoms with Crippen molar-refractivity contribution < 1.29 is 4.74 Å². The first kappa shape index (κ1) is 14.0. The van der Waals surface area contributed by atoms with Crippen LogP contribution in [0, 0.1) is 0 Å². The number of rotatable bonds is 5. The number of ether oxygens (including phenoxy) is 1. The molecule has 7 nitrogen and oxygen atoms in total. The Morgan fingerprint density at radius 3 is 3.32 bits per heavy atom. The van der Waals surface area contributed by atoms with Gasteiger partial charge in [0.2, 0.25) is 0 Å². The van der Waals surface area contributed by atoms with Gasteiger partial charge < -0.3 is 4.74 Å². The molecular formula is C13H15N5O2S2. The molecule has 0 aliphatic carbocycles. The molecule has 1 atom stereocenters. The van der Waals surface area contributed by atoms with Gasteiger partial charge in [-0.3, -0.25) is 8.97 Å². The van der Waals surface area contributed by atoms with Gasteiger partial charge in [-0.05, 0) is 12.8 Å². The van der Waals surface area contributed by atoms with Crippen molar-refractivity contribution in [1.29, 1.82) is 0 Å². The maximum atomic E-state index is 11.9.